The highest BCUT2D eigenvalue weighted by Gasteiger charge is 2.12. The summed E-state index contributed by atoms with van der Waals surface area (Å²) in [5.41, 5.74) is 4.76. The van der Waals surface area contributed by atoms with Crippen molar-refractivity contribution < 1.29 is 0 Å². The Bertz CT molecular complexity index is 331. The van der Waals surface area contributed by atoms with Crippen LogP contribution in [0.5, 0.6) is 0 Å². The van der Waals surface area contributed by atoms with Crippen LogP contribution in [0.25, 0.3) is 0 Å². The lowest BCUT2D eigenvalue weighted by atomic mass is 10.1. The second-order valence-electron chi connectivity index (χ2n) is 4.27. The summed E-state index contributed by atoms with van der Waals surface area (Å²) in [6.07, 6.45) is 6.87. The summed E-state index contributed by atoms with van der Waals surface area (Å²) >= 11 is 0. The highest BCUT2D eigenvalue weighted by Crippen LogP contribution is 2.22. The van der Waals surface area contributed by atoms with E-state index in [0.29, 0.717) is 0 Å². The topological polar surface area (TPSA) is 3.24 Å². The van der Waals surface area contributed by atoms with Crippen LogP contribution in [0.2, 0.25) is 0 Å². The Hall–Kier alpha value is -1.24. The van der Waals surface area contributed by atoms with Gasteiger partial charge in [0.05, 0.1) is 0 Å². The monoisotopic (exact) mass is 203 g/mol. The summed E-state index contributed by atoms with van der Waals surface area (Å²) in [4.78, 5) is 2.27. The third-order valence-electron chi connectivity index (χ3n) is 2.75. The largest absolute Gasteiger partial charge is 0.346 e. The zero-order chi connectivity index (χ0) is 11.4. The Balaban J connectivity index is 2.91. The molecule has 0 aromatic carbocycles. The van der Waals surface area contributed by atoms with Crippen molar-refractivity contribution in [1.82, 2.24) is 4.90 Å². The van der Waals surface area contributed by atoms with Crippen LogP contribution >= 0.6 is 0 Å². The van der Waals surface area contributed by atoms with E-state index in [4.69, 9.17) is 0 Å². The van der Waals surface area contributed by atoms with E-state index >= 15 is 0 Å². The molecule has 0 saturated carbocycles. The third-order valence-corrected chi connectivity index (χ3v) is 2.75. The van der Waals surface area contributed by atoms with Crippen LogP contribution in [0.1, 0.15) is 33.6 Å². The molecular weight excluding hydrogens is 182 g/mol. The van der Waals surface area contributed by atoms with Gasteiger partial charge in [0.1, 0.15) is 0 Å². The minimum absolute atomic E-state index is 1.08. The average molecular weight is 203 g/mol. The Kier molecular flexibility index (Phi) is 3.96. The fourth-order valence-electron chi connectivity index (χ4n) is 1.63. The average Bonchev–Trinajstić information content (AvgIpc) is 2.18. The molecule has 0 aromatic rings. The molecule has 1 heteroatoms. The van der Waals surface area contributed by atoms with E-state index in [9.17, 15) is 0 Å². The Morgan fingerprint density at radius 1 is 1.33 bits per heavy atom. The molecule has 1 aliphatic rings. The molecule has 0 aliphatic carbocycles. The Labute approximate surface area is 93.5 Å². The summed E-state index contributed by atoms with van der Waals surface area (Å²) in [6, 6.07) is 0. The lowest BCUT2D eigenvalue weighted by Crippen LogP contribution is -2.23. The van der Waals surface area contributed by atoms with Gasteiger partial charge in [0.15, 0.2) is 0 Å². The molecule has 1 rings (SSSR count). The molecule has 1 aliphatic heterocycles. The van der Waals surface area contributed by atoms with Gasteiger partial charge in [0.2, 0.25) is 0 Å². The maximum atomic E-state index is 4.01. The third kappa shape index (κ3) is 3.12. The van der Waals surface area contributed by atoms with Crippen molar-refractivity contribution >= 4 is 0 Å². The fourth-order valence-corrected chi connectivity index (χ4v) is 1.63. The quantitative estimate of drug-likeness (QED) is 0.626. The van der Waals surface area contributed by atoms with E-state index in [-0.39, 0.29) is 0 Å². The van der Waals surface area contributed by atoms with E-state index in [1.165, 1.54) is 24.1 Å². The molecule has 82 valence electrons. The van der Waals surface area contributed by atoms with Crippen LogP contribution in [0.3, 0.4) is 0 Å². The first kappa shape index (κ1) is 11.8. The van der Waals surface area contributed by atoms with Crippen LogP contribution in [0.15, 0.2) is 47.9 Å². The first-order valence-corrected chi connectivity index (χ1v) is 5.49. The van der Waals surface area contributed by atoms with Crippen molar-refractivity contribution in [2.75, 3.05) is 6.54 Å². The molecule has 0 aromatic heterocycles. The fraction of sp³-hybridized carbons (Fsp3) is 0.429. The van der Waals surface area contributed by atoms with Crippen molar-refractivity contribution in [3.8, 4) is 0 Å². The maximum absolute atomic E-state index is 4.01. The highest BCUT2D eigenvalue weighted by atomic mass is 15.1. The van der Waals surface area contributed by atoms with Gasteiger partial charge < -0.3 is 4.90 Å². The summed E-state index contributed by atoms with van der Waals surface area (Å²) in [5, 5.41) is 0. The first-order chi connectivity index (χ1) is 7.02. The smallest absolute Gasteiger partial charge is 0.0370 e. The number of rotatable bonds is 3. The van der Waals surface area contributed by atoms with Crippen LogP contribution in [-0.4, -0.2) is 11.4 Å². The van der Waals surface area contributed by atoms with Crippen molar-refractivity contribution in [2.45, 2.75) is 33.6 Å². The molecule has 0 unspecified atom stereocenters. The van der Waals surface area contributed by atoms with Gasteiger partial charge >= 0.3 is 0 Å². The molecule has 1 nitrogen and oxygen atoms in total. The predicted molar refractivity (Wildman–Crippen MR) is 67.4 cm³/mol. The molecule has 0 amide bonds. The molecule has 0 N–H and O–H groups in total. The van der Waals surface area contributed by atoms with Crippen molar-refractivity contribution in [3.63, 3.8) is 0 Å². The minimum atomic E-state index is 1.08. The zero-order valence-corrected chi connectivity index (χ0v) is 10.1. The van der Waals surface area contributed by atoms with Crippen LogP contribution in [-0.2, 0) is 0 Å². The van der Waals surface area contributed by atoms with E-state index in [1.54, 1.807) is 0 Å². The number of hydrogen-bond donors (Lipinski definition) is 0. The number of hydrogen-bond acceptors (Lipinski definition) is 1. The first-order valence-electron chi connectivity index (χ1n) is 5.49. The molecule has 0 spiro atoms. The summed E-state index contributed by atoms with van der Waals surface area (Å²) < 4.78 is 0. The van der Waals surface area contributed by atoms with E-state index < -0.39 is 0 Å². The summed E-state index contributed by atoms with van der Waals surface area (Å²) in [7, 11) is 0. The van der Waals surface area contributed by atoms with Crippen molar-refractivity contribution in [1.29, 1.82) is 0 Å². The van der Waals surface area contributed by atoms with Crippen molar-refractivity contribution in [3.05, 3.63) is 47.9 Å². The van der Waals surface area contributed by atoms with E-state index in [1.807, 2.05) is 6.92 Å². The molecular formula is C14H21N. The van der Waals surface area contributed by atoms with Gasteiger partial charge in [-0.25, -0.2) is 0 Å². The second-order valence-corrected chi connectivity index (χ2v) is 4.27. The second kappa shape index (κ2) is 5.01. The van der Waals surface area contributed by atoms with Gasteiger partial charge in [-0.05, 0) is 45.3 Å². The Morgan fingerprint density at radius 3 is 2.53 bits per heavy atom. The lowest BCUT2D eigenvalue weighted by molar-refractivity contribution is 0.410. The predicted octanol–water partition coefficient (Wildman–Crippen LogP) is 4.02. The van der Waals surface area contributed by atoms with Gasteiger partial charge in [-0.15, -0.1) is 0 Å². The molecule has 0 atom stereocenters. The molecule has 0 bridgehead atoms. The highest BCUT2D eigenvalue weighted by molar-refractivity contribution is 5.34. The van der Waals surface area contributed by atoms with Crippen molar-refractivity contribution in [2.24, 2.45) is 0 Å². The van der Waals surface area contributed by atoms with E-state index in [2.05, 4.69) is 44.1 Å². The van der Waals surface area contributed by atoms with Gasteiger partial charge in [0.25, 0.3) is 0 Å². The molecule has 0 radical (unpaired) electrons. The Morgan fingerprint density at radius 2 is 2.00 bits per heavy atom. The zero-order valence-electron chi connectivity index (χ0n) is 10.1. The lowest BCUT2D eigenvalue weighted by Gasteiger charge is -2.29. The van der Waals surface area contributed by atoms with Crippen LogP contribution in [0, 0.1) is 0 Å². The summed E-state index contributed by atoms with van der Waals surface area (Å²) in [6.45, 7) is 15.3. The standard InChI is InChI=1S/C14H21N/c1-11(2)13(5)10-14-8-6-7-9-15(14)12(3)4/h8,10H,1,3,6-7,9H2,2,4-5H3/b13-10+. The van der Waals surface area contributed by atoms with Gasteiger partial charge in [-0.1, -0.05) is 24.8 Å². The van der Waals surface area contributed by atoms with Gasteiger partial charge in [-0.3, -0.25) is 0 Å². The molecule has 0 saturated heterocycles. The van der Waals surface area contributed by atoms with Crippen LogP contribution in [0.4, 0.5) is 0 Å². The molecule has 0 fully saturated rings. The normalized spacial score (nSPS) is 17.4. The summed E-state index contributed by atoms with van der Waals surface area (Å²) in [5.74, 6) is 0. The van der Waals surface area contributed by atoms with E-state index in [0.717, 1.165) is 17.8 Å². The maximum Gasteiger partial charge on any atom is 0.0370 e. The van der Waals surface area contributed by atoms with Crippen LogP contribution < -0.4 is 0 Å². The molecule has 1 heterocycles. The SMILES string of the molecule is C=C(C)/C(C)=C/C1=CCCCN1C(=C)C. The van der Waals surface area contributed by atoms with Gasteiger partial charge in [0, 0.05) is 17.9 Å². The minimum Gasteiger partial charge on any atom is -0.346 e. The number of nitrogens with zero attached hydrogens (tertiary/aromatic N) is 1. The number of allylic oxidation sites excluding steroid dienone is 5. The van der Waals surface area contributed by atoms with Gasteiger partial charge in [-0.2, -0.15) is 0 Å². The molecule has 15 heavy (non-hydrogen) atoms.